The molecule has 3 aromatic rings. The Balaban J connectivity index is 1.16. The molecule has 6 rings (SSSR count). The number of nitrogens with two attached hydrogens (primary N) is 3. The third-order valence-electron chi connectivity index (χ3n) is 7.44. The van der Waals surface area contributed by atoms with E-state index in [-0.39, 0.29) is 41.2 Å². The number of hydrogen-bond acceptors (Lipinski definition) is 9. The van der Waals surface area contributed by atoms with Crippen molar-refractivity contribution in [3.63, 3.8) is 0 Å². The van der Waals surface area contributed by atoms with Crippen LogP contribution in [0.5, 0.6) is 0 Å². The Morgan fingerprint density at radius 2 is 1.97 bits per heavy atom. The van der Waals surface area contributed by atoms with E-state index in [1.54, 1.807) is 6.20 Å². The summed E-state index contributed by atoms with van der Waals surface area (Å²) in [5.41, 5.74) is 21.7. The van der Waals surface area contributed by atoms with E-state index in [1.165, 1.54) is 27.4 Å². The number of thiazole rings is 1. The van der Waals surface area contributed by atoms with E-state index in [0.717, 1.165) is 32.4 Å². The van der Waals surface area contributed by atoms with Gasteiger partial charge in [-0.25, -0.2) is 15.0 Å². The number of anilines is 3. The molecule has 3 aliphatic rings. The predicted octanol–water partition coefficient (Wildman–Crippen LogP) is 2.14. The number of rotatable bonds is 2. The van der Waals surface area contributed by atoms with Gasteiger partial charge in [-0.2, -0.15) is 0 Å². The topological polar surface area (TPSA) is 140 Å². The molecule has 1 unspecified atom stereocenters. The first kappa shape index (κ1) is 19.1. The zero-order chi connectivity index (χ0) is 25.2. The predicted molar refractivity (Wildman–Crippen MR) is 132 cm³/mol. The summed E-state index contributed by atoms with van der Waals surface area (Å²) < 4.78 is 16.7. The van der Waals surface area contributed by atoms with Crippen LogP contribution < -0.4 is 22.1 Å². The normalized spacial score (nSPS) is 23.3. The number of benzene rings is 1. The molecular weight excluding hydrogens is 448 g/mol. The highest BCUT2D eigenvalue weighted by Gasteiger charge is 2.46. The van der Waals surface area contributed by atoms with Gasteiger partial charge >= 0.3 is 0 Å². The molecule has 34 heavy (non-hydrogen) atoms. The van der Waals surface area contributed by atoms with Crippen LogP contribution in [0, 0.1) is 5.41 Å². The Morgan fingerprint density at radius 3 is 2.74 bits per heavy atom. The van der Waals surface area contributed by atoms with Gasteiger partial charge in [-0.3, -0.25) is 4.79 Å². The fraction of sp³-hybridized carbons (Fsp3) is 0.417. The van der Waals surface area contributed by atoms with E-state index in [4.69, 9.17) is 19.9 Å². The van der Waals surface area contributed by atoms with E-state index >= 15 is 0 Å². The lowest BCUT2D eigenvalue weighted by Gasteiger charge is -2.42. The maximum absolute atomic E-state index is 13.2. The van der Waals surface area contributed by atoms with Gasteiger partial charge in [0.1, 0.15) is 5.82 Å². The van der Waals surface area contributed by atoms with Crippen LogP contribution >= 0.6 is 11.3 Å². The number of fused-ring (bicyclic) bond motifs is 2. The number of carbonyl (C=O) groups is 1. The molecule has 176 valence electrons. The highest BCUT2D eigenvalue weighted by molar-refractivity contribution is 7.15. The first-order valence-electron chi connectivity index (χ1n) is 12.4. The Hall–Kier alpha value is -3.24. The van der Waals surface area contributed by atoms with Crippen LogP contribution in [0.1, 0.15) is 53.8 Å². The fourth-order valence-corrected chi connectivity index (χ4v) is 6.33. The van der Waals surface area contributed by atoms with E-state index in [9.17, 15) is 4.79 Å². The third-order valence-corrected chi connectivity index (χ3v) is 8.31. The van der Waals surface area contributed by atoms with Gasteiger partial charge in [0, 0.05) is 39.7 Å². The molecule has 2 aliphatic heterocycles. The maximum Gasteiger partial charge on any atom is 0.276 e. The van der Waals surface area contributed by atoms with Gasteiger partial charge in [0.15, 0.2) is 16.6 Å². The van der Waals surface area contributed by atoms with E-state index in [2.05, 4.69) is 44.1 Å². The SMILES string of the molecule is [2H]C1([2H])CN(C(=O)c2ncc(N3CCC4(CC3)Cc3ccccc3C4N)nc2N)Cc2sc(N)nc21. The van der Waals surface area contributed by atoms with Crippen LogP contribution in [0.15, 0.2) is 30.5 Å². The van der Waals surface area contributed by atoms with Crippen molar-refractivity contribution in [3.8, 4) is 0 Å². The summed E-state index contributed by atoms with van der Waals surface area (Å²) in [6, 6.07) is 8.48. The summed E-state index contributed by atoms with van der Waals surface area (Å²) in [7, 11) is 0. The number of carbonyl (C=O) groups excluding carboxylic acids is 1. The Kier molecular flexibility index (Phi) is 4.45. The third kappa shape index (κ3) is 3.40. The average molecular weight is 479 g/mol. The van der Waals surface area contributed by atoms with Crippen LogP contribution in [0.2, 0.25) is 0 Å². The smallest absolute Gasteiger partial charge is 0.276 e. The molecule has 1 saturated heterocycles. The lowest BCUT2D eigenvalue weighted by atomic mass is 9.73. The molecule has 0 radical (unpaired) electrons. The molecule has 1 atom stereocenters. The van der Waals surface area contributed by atoms with Gasteiger partial charge in [-0.15, -0.1) is 11.3 Å². The van der Waals surface area contributed by atoms with E-state index in [0.29, 0.717) is 16.4 Å². The van der Waals surface area contributed by atoms with Gasteiger partial charge < -0.3 is 27.0 Å². The summed E-state index contributed by atoms with van der Waals surface area (Å²) in [5.74, 6) is 0.216. The lowest BCUT2D eigenvalue weighted by Crippen LogP contribution is -2.44. The minimum absolute atomic E-state index is 0.0252. The lowest BCUT2D eigenvalue weighted by molar-refractivity contribution is 0.0731. The van der Waals surface area contributed by atoms with Crippen molar-refractivity contribution in [1.29, 1.82) is 0 Å². The minimum Gasteiger partial charge on any atom is -0.382 e. The van der Waals surface area contributed by atoms with Crippen LogP contribution in [0.4, 0.5) is 16.8 Å². The van der Waals surface area contributed by atoms with Crippen molar-refractivity contribution in [3.05, 3.63) is 57.9 Å². The molecular formula is C24H28N8OS. The second-order valence-electron chi connectivity index (χ2n) is 9.33. The molecule has 1 aromatic carbocycles. The number of hydrogen-bond donors (Lipinski definition) is 3. The van der Waals surface area contributed by atoms with Gasteiger partial charge in [0.05, 0.1) is 18.4 Å². The molecule has 1 spiro atoms. The second-order valence-corrected chi connectivity index (χ2v) is 10.4. The molecule has 6 N–H and O–H groups in total. The van der Waals surface area contributed by atoms with Crippen LogP contribution in [0.3, 0.4) is 0 Å². The molecule has 1 fully saturated rings. The van der Waals surface area contributed by atoms with Crippen molar-refractivity contribution in [2.24, 2.45) is 11.1 Å². The van der Waals surface area contributed by atoms with Gasteiger partial charge in [-0.1, -0.05) is 24.3 Å². The van der Waals surface area contributed by atoms with Crippen LogP contribution in [0.25, 0.3) is 0 Å². The highest BCUT2D eigenvalue weighted by Crippen LogP contribution is 2.50. The second kappa shape index (κ2) is 7.92. The standard InChI is InChI=1S/C24H28N8OS/c25-20-15-4-2-1-3-14(15)11-24(20)6-9-31(10-7-24)18-12-28-19(21(26)30-18)22(33)32-8-5-16-17(13-32)34-23(27)29-16/h1-4,12,20H,5-11,13,25H2,(H2,26,30)(H2,27,29)/i5D2. The van der Waals surface area contributed by atoms with Crippen molar-refractivity contribution >= 4 is 34.0 Å². The van der Waals surface area contributed by atoms with Crippen LogP contribution in [-0.4, -0.2) is 45.4 Å². The molecule has 1 aliphatic carbocycles. The zero-order valence-corrected chi connectivity index (χ0v) is 19.5. The molecule has 0 bridgehead atoms. The van der Waals surface area contributed by atoms with Crippen molar-refractivity contribution in [2.75, 3.05) is 36.0 Å². The van der Waals surface area contributed by atoms with Crippen molar-refractivity contribution in [1.82, 2.24) is 19.9 Å². The zero-order valence-electron chi connectivity index (χ0n) is 20.7. The molecule has 4 heterocycles. The Labute approximate surface area is 204 Å². The number of aromatic nitrogens is 3. The van der Waals surface area contributed by atoms with E-state index < -0.39 is 12.3 Å². The summed E-state index contributed by atoms with van der Waals surface area (Å²) >= 11 is 1.19. The molecule has 2 aromatic heterocycles. The summed E-state index contributed by atoms with van der Waals surface area (Å²) in [6.45, 7) is 1.63. The average Bonchev–Trinajstić information content (AvgIpc) is 3.36. The molecule has 10 heteroatoms. The first-order valence-corrected chi connectivity index (χ1v) is 12.2. The van der Waals surface area contributed by atoms with Crippen molar-refractivity contribution < 1.29 is 7.54 Å². The van der Waals surface area contributed by atoms with Gasteiger partial charge in [0.2, 0.25) is 0 Å². The monoisotopic (exact) mass is 478 g/mol. The molecule has 1 amide bonds. The minimum atomic E-state index is -1.80. The first-order chi connectivity index (χ1) is 17.2. The number of piperidine rings is 1. The van der Waals surface area contributed by atoms with E-state index in [1.807, 2.05) is 0 Å². The number of nitrogens with zero attached hydrogens (tertiary/aromatic N) is 5. The molecule has 9 nitrogen and oxygen atoms in total. The Bertz CT molecular complexity index is 1350. The highest BCUT2D eigenvalue weighted by atomic mass is 32.1. The summed E-state index contributed by atoms with van der Waals surface area (Å²) in [4.78, 5) is 30.4. The van der Waals surface area contributed by atoms with Gasteiger partial charge in [-0.05, 0) is 35.8 Å². The number of amides is 1. The van der Waals surface area contributed by atoms with Crippen LogP contribution in [-0.2, 0) is 19.3 Å². The van der Waals surface area contributed by atoms with Crippen molar-refractivity contribution in [2.45, 2.75) is 38.2 Å². The van der Waals surface area contributed by atoms with Gasteiger partial charge in [0.25, 0.3) is 5.91 Å². The maximum atomic E-state index is 13.2. The number of nitrogen functional groups attached to an aromatic ring is 2. The Morgan fingerprint density at radius 1 is 1.18 bits per heavy atom. The quantitative estimate of drug-likeness (QED) is 0.509. The summed E-state index contributed by atoms with van der Waals surface area (Å²) in [6.07, 6.45) is 2.65. The summed E-state index contributed by atoms with van der Waals surface area (Å²) in [5, 5.41) is 0.285. The largest absolute Gasteiger partial charge is 0.382 e. The fourth-order valence-electron chi connectivity index (χ4n) is 5.51. The molecule has 0 saturated carbocycles.